The van der Waals surface area contributed by atoms with Gasteiger partial charge < -0.3 is 14.8 Å². The predicted molar refractivity (Wildman–Crippen MR) is 96.1 cm³/mol. The van der Waals surface area contributed by atoms with Crippen LogP contribution in [0.3, 0.4) is 0 Å². The van der Waals surface area contributed by atoms with Crippen LogP contribution in [-0.2, 0) is 17.9 Å². The van der Waals surface area contributed by atoms with E-state index in [1.165, 1.54) is 5.52 Å². The van der Waals surface area contributed by atoms with E-state index in [-0.39, 0.29) is 12.5 Å². The van der Waals surface area contributed by atoms with Crippen molar-refractivity contribution < 1.29 is 4.79 Å². The fraction of sp³-hybridized carbons (Fsp3) is 0.333. The third-order valence-electron chi connectivity index (χ3n) is 3.91. The van der Waals surface area contributed by atoms with Crippen LogP contribution in [-0.4, -0.2) is 45.8 Å². The van der Waals surface area contributed by atoms with Crippen LogP contribution in [0.1, 0.15) is 5.56 Å². The number of fused-ring (bicyclic) bond motifs is 1. The van der Waals surface area contributed by atoms with E-state index in [9.17, 15) is 4.79 Å². The number of carbonyl (C=O) groups excluding carboxylic acids is 1. The van der Waals surface area contributed by atoms with Gasteiger partial charge >= 0.3 is 0 Å². The zero-order chi connectivity index (χ0) is 17.1. The van der Waals surface area contributed by atoms with Crippen LogP contribution in [0.4, 0.5) is 5.69 Å². The van der Waals surface area contributed by atoms with Crippen LogP contribution in [0.25, 0.3) is 10.9 Å². The zero-order valence-electron chi connectivity index (χ0n) is 14.4. The van der Waals surface area contributed by atoms with Gasteiger partial charge in [0.1, 0.15) is 6.54 Å². The Kier molecular flexibility index (Phi) is 4.66. The topological polar surface area (TPSA) is 55.1 Å². The van der Waals surface area contributed by atoms with E-state index in [2.05, 4.69) is 52.3 Å². The molecule has 1 amide bonds. The van der Waals surface area contributed by atoms with Crippen LogP contribution in [0.5, 0.6) is 0 Å². The highest BCUT2D eigenvalue weighted by atomic mass is 16.2. The van der Waals surface area contributed by atoms with E-state index >= 15 is 0 Å². The molecule has 0 bridgehead atoms. The fourth-order valence-corrected chi connectivity index (χ4v) is 2.68. The summed E-state index contributed by atoms with van der Waals surface area (Å²) in [6.07, 6.45) is 5.69. The molecule has 1 aromatic carbocycles. The molecule has 0 fully saturated rings. The summed E-state index contributed by atoms with van der Waals surface area (Å²) in [6.45, 7) is 4.11. The van der Waals surface area contributed by atoms with Gasteiger partial charge in [-0.15, -0.1) is 0 Å². The molecule has 6 heteroatoms. The highest BCUT2D eigenvalue weighted by molar-refractivity contribution is 5.93. The number of amides is 1. The number of likely N-dealkylation sites (N-methyl/N-ethyl adjacent to an activating group) is 1. The molecule has 1 N–H and O–H groups in total. The van der Waals surface area contributed by atoms with Gasteiger partial charge in [-0.05, 0) is 50.8 Å². The lowest BCUT2D eigenvalue weighted by Crippen LogP contribution is -2.19. The lowest BCUT2D eigenvalue weighted by Gasteiger charge is -2.11. The molecule has 0 aliphatic rings. The third kappa shape index (κ3) is 3.83. The second kappa shape index (κ2) is 6.88. The maximum absolute atomic E-state index is 12.1. The van der Waals surface area contributed by atoms with Crippen molar-refractivity contribution in [1.29, 1.82) is 0 Å². The monoisotopic (exact) mass is 325 g/mol. The number of hydrogen-bond donors (Lipinski definition) is 1. The van der Waals surface area contributed by atoms with Crippen LogP contribution < -0.4 is 5.32 Å². The molecule has 6 nitrogen and oxygen atoms in total. The maximum Gasteiger partial charge on any atom is 0.246 e. The SMILES string of the molecule is Cc1cnn(CC(=O)Nc2ccc3c(ccn3CCN(C)C)c2)c1. The minimum Gasteiger partial charge on any atom is -0.346 e. The van der Waals surface area contributed by atoms with Crippen molar-refractivity contribution in [2.75, 3.05) is 26.0 Å². The molecular formula is C18H23N5O. The standard InChI is InChI=1S/C18H23N5O/c1-14-11-19-23(12-14)13-18(24)20-16-4-5-17-15(10-16)6-7-22(17)9-8-21(2)3/h4-7,10-12H,8-9,13H2,1-3H3,(H,20,24). The van der Waals surface area contributed by atoms with Gasteiger partial charge in [0, 0.05) is 42.1 Å². The third-order valence-corrected chi connectivity index (χ3v) is 3.91. The highest BCUT2D eigenvalue weighted by Gasteiger charge is 2.07. The summed E-state index contributed by atoms with van der Waals surface area (Å²) in [5.74, 6) is -0.0792. The van der Waals surface area contributed by atoms with Crippen LogP contribution >= 0.6 is 0 Å². The van der Waals surface area contributed by atoms with Crippen LogP contribution in [0, 0.1) is 6.92 Å². The molecule has 0 saturated heterocycles. The first-order valence-electron chi connectivity index (χ1n) is 8.04. The zero-order valence-corrected chi connectivity index (χ0v) is 14.4. The van der Waals surface area contributed by atoms with Crippen molar-refractivity contribution in [1.82, 2.24) is 19.2 Å². The van der Waals surface area contributed by atoms with E-state index in [0.29, 0.717) is 0 Å². The Hall–Kier alpha value is -2.60. The Bertz CT molecular complexity index is 846. The fourth-order valence-electron chi connectivity index (χ4n) is 2.68. The summed E-state index contributed by atoms with van der Waals surface area (Å²) >= 11 is 0. The van der Waals surface area contributed by atoms with Gasteiger partial charge in [-0.25, -0.2) is 0 Å². The number of benzene rings is 1. The van der Waals surface area contributed by atoms with Gasteiger partial charge in [-0.1, -0.05) is 0 Å². The van der Waals surface area contributed by atoms with Gasteiger partial charge in [0.25, 0.3) is 0 Å². The van der Waals surface area contributed by atoms with Crippen molar-refractivity contribution >= 4 is 22.5 Å². The smallest absolute Gasteiger partial charge is 0.246 e. The number of anilines is 1. The van der Waals surface area contributed by atoms with E-state index in [1.807, 2.05) is 25.3 Å². The van der Waals surface area contributed by atoms with Crippen LogP contribution in [0.15, 0.2) is 42.9 Å². The summed E-state index contributed by atoms with van der Waals surface area (Å²) in [5.41, 5.74) is 3.03. The van der Waals surface area contributed by atoms with Gasteiger partial charge in [0.2, 0.25) is 5.91 Å². The number of rotatable bonds is 6. The average molecular weight is 325 g/mol. The normalized spacial score (nSPS) is 11.3. The molecule has 0 aliphatic carbocycles. The van der Waals surface area contributed by atoms with E-state index < -0.39 is 0 Å². The first kappa shape index (κ1) is 16.3. The minimum atomic E-state index is -0.0792. The molecule has 3 aromatic rings. The molecule has 0 unspecified atom stereocenters. The number of carbonyl (C=O) groups is 1. The number of hydrogen-bond acceptors (Lipinski definition) is 3. The molecule has 3 rings (SSSR count). The molecule has 24 heavy (non-hydrogen) atoms. The van der Waals surface area contributed by atoms with Crippen molar-refractivity contribution in [3.05, 3.63) is 48.4 Å². The Morgan fingerprint density at radius 3 is 2.83 bits per heavy atom. The Balaban J connectivity index is 1.68. The molecule has 0 saturated carbocycles. The summed E-state index contributed by atoms with van der Waals surface area (Å²) in [4.78, 5) is 14.3. The first-order chi connectivity index (χ1) is 11.5. The van der Waals surface area contributed by atoms with E-state index in [1.54, 1.807) is 10.9 Å². The molecule has 0 radical (unpaired) electrons. The van der Waals surface area contributed by atoms with E-state index in [4.69, 9.17) is 0 Å². The first-order valence-corrected chi connectivity index (χ1v) is 8.04. The average Bonchev–Trinajstić information content (AvgIpc) is 3.11. The highest BCUT2D eigenvalue weighted by Crippen LogP contribution is 2.20. The van der Waals surface area contributed by atoms with Gasteiger partial charge in [-0.3, -0.25) is 9.48 Å². The van der Waals surface area contributed by atoms with Gasteiger partial charge in [0.05, 0.1) is 6.20 Å². The Morgan fingerprint density at radius 2 is 2.12 bits per heavy atom. The van der Waals surface area contributed by atoms with E-state index in [0.717, 1.165) is 29.7 Å². The summed E-state index contributed by atoms with van der Waals surface area (Å²) < 4.78 is 3.87. The molecule has 126 valence electrons. The number of nitrogens with one attached hydrogen (secondary N) is 1. The van der Waals surface area contributed by atoms with Crippen molar-refractivity contribution in [2.24, 2.45) is 0 Å². The molecule has 2 heterocycles. The molecular weight excluding hydrogens is 302 g/mol. The summed E-state index contributed by atoms with van der Waals surface area (Å²) in [6, 6.07) is 8.09. The van der Waals surface area contributed by atoms with Crippen LogP contribution in [0.2, 0.25) is 0 Å². The van der Waals surface area contributed by atoms with Crippen molar-refractivity contribution in [2.45, 2.75) is 20.0 Å². The number of aryl methyl sites for hydroxylation is 1. The number of aromatic nitrogens is 3. The number of nitrogens with zero attached hydrogens (tertiary/aromatic N) is 4. The second-order valence-corrected chi connectivity index (χ2v) is 6.35. The summed E-state index contributed by atoms with van der Waals surface area (Å²) in [7, 11) is 4.14. The van der Waals surface area contributed by atoms with Crippen molar-refractivity contribution in [3.8, 4) is 0 Å². The molecule has 2 aromatic heterocycles. The molecule has 0 spiro atoms. The Morgan fingerprint density at radius 1 is 1.29 bits per heavy atom. The maximum atomic E-state index is 12.1. The van der Waals surface area contributed by atoms with Crippen molar-refractivity contribution in [3.63, 3.8) is 0 Å². The molecule has 0 aliphatic heterocycles. The lowest BCUT2D eigenvalue weighted by atomic mass is 10.2. The molecule has 0 atom stereocenters. The summed E-state index contributed by atoms with van der Waals surface area (Å²) in [5, 5.41) is 8.19. The van der Waals surface area contributed by atoms with Gasteiger partial charge in [0.15, 0.2) is 0 Å². The second-order valence-electron chi connectivity index (χ2n) is 6.35. The lowest BCUT2D eigenvalue weighted by molar-refractivity contribution is -0.116. The minimum absolute atomic E-state index is 0.0792. The largest absolute Gasteiger partial charge is 0.346 e. The predicted octanol–water partition coefficient (Wildman–Crippen LogP) is 2.35. The Labute approximate surface area is 141 Å². The quantitative estimate of drug-likeness (QED) is 0.757. The van der Waals surface area contributed by atoms with Gasteiger partial charge in [-0.2, -0.15) is 5.10 Å².